The molecule has 1 aromatic carbocycles. The summed E-state index contributed by atoms with van der Waals surface area (Å²) in [5, 5.41) is 21.6. The molecule has 1 unspecified atom stereocenters. The number of hydrogen-bond acceptors (Lipinski definition) is 4. The molecular weight excluding hydrogens is 272 g/mol. The average Bonchev–Trinajstić information content (AvgIpc) is 2.43. The lowest BCUT2D eigenvalue weighted by molar-refractivity contribution is -0.155. The first-order valence-corrected chi connectivity index (χ1v) is 6.41. The van der Waals surface area contributed by atoms with Gasteiger partial charge in [-0.05, 0) is 26.0 Å². The minimum absolute atomic E-state index is 0.378. The van der Waals surface area contributed by atoms with Gasteiger partial charge in [-0.3, -0.25) is 9.78 Å². The number of rotatable bonds is 4. The van der Waals surface area contributed by atoms with Crippen molar-refractivity contribution in [3.63, 3.8) is 0 Å². The lowest BCUT2D eigenvalue weighted by atomic mass is 10.1. The molecule has 0 saturated carbocycles. The van der Waals surface area contributed by atoms with Gasteiger partial charge < -0.3 is 15.5 Å². The number of aliphatic carboxylic acids is 1. The number of aryl methyl sites for hydroxylation is 1. The SMILES string of the molecule is Cc1cc(C(=O)NCC(C)(O)C(=O)O)c2ccccc2n1. The molecule has 1 aromatic heterocycles. The maximum Gasteiger partial charge on any atom is 0.337 e. The average molecular weight is 288 g/mol. The Bertz CT molecular complexity index is 710. The molecule has 1 atom stereocenters. The van der Waals surface area contributed by atoms with Gasteiger partial charge in [-0.2, -0.15) is 0 Å². The summed E-state index contributed by atoms with van der Waals surface area (Å²) in [6, 6.07) is 8.82. The van der Waals surface area contributed by atoms with Gasteiger partial charge in [-0.15, -0.1) is 0 Å². The molecule has 0 radical (unpaired) electrons. The number of carbonyl (C=O) groups is 2. The van der Waals surface area contributed by atoms with E-state index >= 15 is 0 Å². The van der Waals surface area contributed by atoms with E-state index in [9.17, 15) is 14.7 Å². The zero-order valence-corrected chi connectivity index (χ0v) is 11.8. The Hall–Kier alpha value is -2.47. The second kappa shape index (κ2) is 5.49. The summed E-state index contributed by atoms with van der Waals surface area (Å²) in [6.45, 7) is 2.53. The van der Waals surface area contributed by atoms with Gasteiger partial charge >= 0.3 is 5.97 Å². The Morgan fingerprint density at radius 2 is 2.00 bits per heavy atom. The highest BCUT2D eigenvalue weighted by Crippen LogP contribution is 2.18. The third-order valence-corrected chi connectivity index (χ3v) is 3.14. The topological polar surface area (TPSA) is 99.5 Å². The number of carboxylic acids is 1. The van der Waals surface area contributed by atoms with Crippen LogP contribution >= 0.6 is 0 Å². The van der Waals surface area contributed by atoms with Crippen LogP contribution < -0.4 is 5.32 Å². The number of pyridine rings is 1. The molecule has 21 heavy (non-hydrogen) atoms. The summed E-state index contributed by atoms with van der Waals surface area (Å²) in [5.74, 6) is -1.84. The van der Waals surface area contributed by atoms with Crippen LogP contribution in [0.15, 0.2) is 30.3 Å². The molecule has 0 aliphatic carbocycles. The van der Waals surface area contributed by atoms with Crippen molar-refractivity contribution in [1.82, 2.24) is 10.3 Å². The van der Waals surface area contributed by atoms with Gasteiger partial charge in [0, 0.05) is 11.1 Å². The highest BCUT2D eigenvalue weighted by Gasteiger charge is 2.30. The molecule has 6 heteroatoms. The number of nitrogens with one attached hydrogen (secondary N) is 1. The molecule has 0 bridgehead atoms. The maximum absolute atomic E-state index is 12.2. The van der Waals surface area contributed by atoms with E-state index in [1.54, 1.807) is 31.2 Å². The van der Waals surface area contributed by atoms with Crippen molar-refractivity contribution in [2.75, 3.05) is 6.54 Å². The van der Waals surface area contributed by atoms with Gasteiger partial charge in [0.1, 0.15) is 0 Å². The smallest absolute Gasteiger partial charge is 0.337 e. The number of hydrogen-bond donors (Lipinski definition) is 3. The standard InChI is InChI=1S/C15H16N2O4/c1-9-7-11(10-5-3-4-6-12(10)17-9)13(18)16-8-15(2,21)14(19)20/h3-7,21H,8H2,1-2H3,(H,16,18)(H,19,20). The molecule has 110 valence electrons. The Kier molecular flexibility index (Phi) is 3.90. The molecule has 0 aliphatic rings. The molecule has 6 nitrogen and oxygen atoms in total. The fourth-order valence-corrected chi connectivity index (χ4v) is 1.92. The number of fused-ring (bicyclic) bond motifs is 1. The van der Waals surface area contributed by atoms with Crippen LogP contribution in [0.3, 0.4) is 0 Å². The van der Waals surface area contributed by atoms with Crippen LogP contribution in [0.25, 0.3) is 10.9 Å². The van der Waals surface area contributed by atoms with Crippen molar-refractivity contribution in [3.05, 3.63) is 41.6 Å². The van der Waals surface area contributed by atoms with E-state index < -0.39 is 17.5 Å². The number of aromatic nitrogens is 1. The first kappa shape index (κ1) is 14.9. The quantitative estimate of drug-likeness (QED) is 0.782. The minimum atomic E-state index is -2.01. The number of carbonyl (C=O) groups excluding carboxylic acids is 1. The van der Waals surface area contributed by atoms with Crippen LogP contribution in [0.1, 0.15) is 23.0 Å². The van der Waals surface area contributed by atoms with Crippen molar-refractivity contribution in [2.45, 2.75) is 19.4 Å². The number of amides is 1. The van der Waals surface area contributed by atoms with E-state index in [0.29, 0.717) is 22.2 Å². The molecule has 0 aliphatic heterocycles. The Morgan fingerprint density at radius 1 is 1.33 bits per heavy atom. The Morgan fingerprint density at radius 3 is 2.67 bits per heavy atom. The molecule has 3 N–H and O–H groups in total. The lowest BCUT2D eigenvalue weighted by Crippen LogP contribution is -2.46. The van der Waals surface area contributed by atoms with Gasteiger partial charge in [-0.25, -0.2) is 4.79 Å². The van der Waals surface area contributed by atoms with Gasteiger partial charge in [0.2, 0.25) is 0 Å². The summed E-state index contributed by atoms with van der Waals surface area (Å²) in [6.07, 6.45) is 0. The Labute approximate surface area is 121 Å². The third kappa shape index (κ3) is 3.17. The molecule has 0 saturated heterocycles. The largest absolute Gasteiger partial charge is 0.479 e. The molecular formula is C15H16N2O4. The minimum Gasteiger partial charge on any atom is -0.479 e. The molecule has 1 amide bonds. The highest BCUT2D eigenvalue weighted by molar-refractivity contribution is 6.06. The van der Waals surface area contributed by atoms with Gasteiger partial charge in [0.15, 0.2) is 5.60 Å². The maximum atomic E-state index is 12.2. The van der Waals surface area contributed by atoms with Gasteiger partial charge in [0.25, 0.3) is 5.91 Å². The second-order valence-corrected chi connectivity index (χ2v) is 5.09. The monoisotopic (exact) mass is 288 g/mol. The first-order chi connectivity index (χ1) is 9.81. The van der Waals surface area contributed by atoms with Crippen LogP contribution in [0, 0.1) is 6.92 Å². The summed E-state index contributed by atoms with van der Waals surface area (Å²) in [4.78, 5) is 27.4. The number of para-hydroxylation sites is 1. The number of nitrogens with zero attached hydrogens (tertiary/aromatic N) is 1. The number of carboxylic acid groups (broad SMARTS) is 1. The van der Waals surface area contributed by atoms with Crippen LogP contribution in [-0.2, 0) is 4.79 Å². The van der Waals surface area contributed by atoms with Crippen LogP contribution in [-0.4, -0.2) is 39.2 Å². The summed E-state index contributed by atoms with van der Waals surface area (Å²) >= 11 is 0. The highest BCUT2D eigenvalue weighted by atomic mass is 16.4. The Balaban J connectivity index is 2.30. The van der Waals surface area contributed by atoms with Crippen molar-refractivity contribution in [3.8, 4) is 0 Å². The summed E-state index contributed by atoms with van der Waals surface area (Å²) in [5.41, 5.74) is -0.233. The van der Waals surface area contributed by atoms with E-state index in [-0.39, 0.29) is 6.54 Å². The van der Waals surface area contributed by atoms with E-state index in [4.69, 9.17) is 5.11 Å². The zero-order chi connectivity index (χ0) is 15.6. The molecule has 1 heterocycles. The van der Waals surface area contributed by atoms with E-state index in [1.807, 2.05) is 6.07 Å². The lowest BCUT2D eigenvalue weighted by Gasteiger charge is -2.18. The van der Waals surface area contributed by atoms with E-state index in [2.05, 4.69) is 10.3 Å². The normalized spacial score (nSPS) is 13.7. The molecule has 0 fully saturated rings. The van der Waals surface area contributed by atoms with Crippen molar-refractivity contribution >= 4 is 22.8 Å². The van der Waals surface area contributed by atoms with Crippen LogP contribution in [0.5, 0.6) is 0 Å². The molecule has 0 spiro atoms. The molecule has 2 aromatic rings. The van der Waals surface area contributed by atoms with Crippen LogP contribution in [0.4, 0.5) is 0 Å². The van der Waals surface area contributed by atoms with Crippen LogP contribution in [0.2, 0.25) is 0 Å². The predicted molar refractivity (Wildman–Crippen MR) is 77.1 cm³/mol. The van der Waals surface area contributed by atoms with Crippen molar-refractivity contribution in [2.24, 2.45) is 0 Å². The van der Waals surface area contributed by atoms with E-state index in [0.717, 1.165) is 6.92 Å². The van der Waals surface area contributed by atoms with Gasteiger partial charge in [-0.1, -0.05) is 18.2 Å². The summed E-state index contributed by atoms with van der Waals surface area (Å²) < 4.78 is 0. The third-order valence-electron chi connectivity index (χ3n) is 3.14. The van der Waals surface area contributed by atoms with E-state index in [1.165, 1.54) is 0 Å². The fourth-order valence-electron chi connectivity index (χ4n) is 1.92. The second-order valence-electron chi connectivity index (χ2n) is 5.09. The molecule has 2 rings (SSSR count). The number of benzene rings is 1. The van der Waals surface area contributed by atoms with Crippen molar-refractivity contribution < 1.29 is 19.8 Å². The predicted octanol–water partition coefficient (Wildman–Crippen LogP) is 1.11. The van der Waals surface area contributed by atoms with Gasteiger partial charge in [0.05, 0.1) is 17.6 Å². The first-order valence-electron chi connectivity index (χ1n) is 6.41. The van der Waals surface area contributed by atoms with Crippen molar-refractivity contribution in [1.29, 1.82) is 0 Å². The number of aliphatic hydroxyl groups is 1. The summed E-state index contributed by atoms with van der Waals surface area (Å²) in [7, 11) is 0. The fraction of sp³-hybridized carbons (Fsp3) is 0.267. The zero-order valence-electron chi connectivity index (χ0n) is 11.8.